The smallest absolute Gasteiger partial charge is 0.0607 e. The molecule has 0 aromatic carbocycles. The molecule has 0 saturated heterocycles. The van der Waals surface area contributed by atoms with Crippen molar-refractivity contribution in [2.24, 2.45) is 5.73 Å². The topological polar surface area (TPSA) is 38.5 Å². The predicted octanol–water partition coefficient (Wildman–Crippen LogP) is 0.833. The lowest BCUT2D eigenvalue weighted by Crippen LogP contribution is -2.64. The molecule has 0 unspecified atom stereocenters. The largest absolute Gasteiger partial charge is 0.381 e. The predicted molar refractivity (Wildman–Crippen MR) is 54.7 cm³/mol. The first-order chi connectivity index (χ1) is 6.05. The molecule has 0 aliphatic heterocycles. The summed E-state index contributed by atoms with van der Waals surface area (Å²) in [6.45, 7) is 5.15. The Bertz CT molecular complexity index is 164. The van der Waals surface area contributed by atoms with Gasteiger partial charge in [-0.05, 0) is 33.7 Å². The molecular formula is C10H22N2O. The first-order valence-corrected chi connectivity index (χ1v) is 5.01. The van der Waals surface area contributed by atoms with Gasteiger partial charge in [0.2, 0.25) is 0 Å². The number of ether oxygens (including phenoxy) is 1. The van der Waals surface area contributed by atoms with E-state index in [0.29, 0.717) is 12.1 Å². The van der Waals surface area contributed by atoms with Crippen LogP contribution in [0.5, 0.6) is 0 Å². The maximum Gasteiger partial charge on any atom is 0.0607 e. The van der Waals surface area contributed by atoms with E-state index in [0.717, 1.165) is 19.4 Å². The van der Waals surface area contributed by atoms with Crippen LogP contribution in [0.1, 0.15) is 26.7 Å². The lowest BCUT2D eigenvalue weighted by atomic mass is 9.72. The quantitative estimate of drug-likeness (QED) is 0.707. The molecule has 0 radical (unpaired) electrons. The van der Waals surface area contributed by atoms with Crippen molar-refractivity contribution in [1.29, 1.82) is 0 Å². The molecule has 0 heterocycles. The average Bonchev–Trinajstić information content (AvgIpc) is 2.03. The molecule has 3 heteroatoms. The Morgan fingerprint density at radius 1 is 1.54 bits per heavy atom. The molecule has 0 aromatic heterocycles. The molecule has 1 fully saturated rings. The van der Waals surface area contributed by atoms with Crippen LogP contribution in [-0.2, 0) is 4.74 Å². The van der Waals surface area contributed by atoms with Crippen LogP contribution in [-0.4, -0.2) is 43.3 Å². The highest BCUT2D eigenvalue weighted by atomic mass is 16.5. The molecule has 0 bridgehead atoms. The number of likely N-dealkylation sites (N-methyl/N-ethyl adjacent to an activating group) is 1. The fourth-order valence-electron chi connectivity index (χ4n) is 2.10. The third-order valence-corrected chi connectivity index (χ3v) is 3.45. The fraction of sp³-hybridized carbons (Fsp3) is 1.00. The second-order valence-corrected chi connectivity index (χ2v) is 4.40. The molecule has 13 heavy (non-hydrogen) atoms. The van der Waals surface area contributed by atoms with Crippen molar-refractivity contribution in [1.82, 2.24) is 4.90 Å². The van der Waals surface area contributed by atoms with Crippen molar-refractivity contribution in [2.45, 2.75) is 44.4 Å². The monoisotopic (exact) mass is 186 g/mol. The van der Waals surface area contributed by atoms with Gasteiger partial charge in [0.25, 0.3) is 0 Å². The van der Waals surface area contributed by atoms with Crippen LogP contribution in [0, 0.1) is 0 Å². The summed E-state index contributed by atoms with van der Waals surface area (Å²) in [5.74, 6) is 0. The normalized spacial score (nSPS) is 33.9. The van der Waals surface area contributed by atoms with Crippen LogP contribution < -0.4 is 5.73 Å². The van der Waals surface area contributed by atoms with E-state index < -0.39 is 0 Å². The molecule has 0 amide bonds. The molecule has 0 atom stereocenters. The summed E-state index contributed by atoms with van der Waals surface area (Å²) < 4.78 is 5.29. The molecule has 1 saturated carbocycles. The van der Waals surface area contributed by atoms with Crippen LogP contribution >= 0.6 is 0 Å². The lowest BCUT2D eigenvalue weighted by molar-refractivity contribution is -0.0876. The van der Waals surface area contributed by atoms with E-state index in [2.05, 4.69) is 25.8 Å². The Hall–Kier alpha value is -0.120. The Morgan fingerprint density at radius 2 is 2.08 bits per heavy atom. The minimum Gasteiger partial charge on any atom is -0.381 e. The summed E-state index contributed by atoms with van der Waals surface area (Å²) in [4.78, 5) is 2.38. The summed E-state index contributed by atoms with van der Waals surface area (Å²) in [5, 5.41) is 0. The van der Waals surface area contributed by atoms with Gasteiger partial charge in [0.15, 0.2) is 0 Å². The first kappa shape index (κ1) is 11.0. The Labute approximate surface area is 81.2 Å². The van der Waals surface area contributed by atoms with Crippen LogP contribution in [0.2, 0.25) is 0 Å². The molecule has 3 nitrogen and oxygen atoms in total. The number of nitrogens with two attached hydrogens (primary N) is 1. The Balaban J connectivity index is 2.54. The highest BCUT2D eigenvalue weighted by Crippen LogP contribution is 2.38. The zero-order valence-electron chi connectivity index (χ0n) is 9.21. The van der Waals surface area contributed by atoms with Crippen LogP contribution in [0.25, 0.3) is 0 Å². The summed E-state index contributed by atoms with van der Waals surface area (Å²) in [5.41, 5.74) is 6.03. The van der Waals surface area contributed by atoms with Crippen LogP contribution in [0.4, 0.5) is 0 Å². The van der Waals surface area contributed by atoms with Gasteiger partial charge in [-0.3, -0.25) is 4.90 Å². The van der Waals surface area contributed by atoms with Crippen LogP contribution in [0.15, 0.2) is 0 Å². The second-order valence-electron chi connectivity index (χ2n) is 4.40. The maximum atomic E-state index is 5.83. The van der Waals surface area contributed by atoms with E-state index in [1.54, 1.807) is 7.11 Å². The minimum atomic E-state index is 0.203. The lowest BCUT2D eigenvalue weighted by Gasteiger charge is -2.53. The van der Waals surface area contributed by atoms with E-state index in [9.17, 15) is 0 Å². The molecular weight excluding hydrogens is 164 g/mol. The zero-order valence-corrected chi connectivity index (χ0v) is 9.21. The van der Waals surface area contributed by atoms with Crippen molar-refractivity contribution in [3.63, 3.8) is 0 Å². The van der Waals surface area contributed by atoms with Crippen molar-refractivity contribution < 1.29 is 4.74 Å². The summed E-state index contributed by atoms with van der Waals surface area (Å²) in [6, 6.07) is 0.557. The van der Waals surface area contributed by atoms with E-state index >= 15 is 0 Å². The Kier molecular flexibility index (Phi) is 3.33. The van der Waals surface area contributed by atoms with Gasteiger partial charge in [0, 0.05) is 25.2 Å². The number of methoxy groups -OCH3 is 1. The van der Waals surface area contributed by atoms with Crippen molar-refractivity contribution in [3.05, 3.63) is 0 Å². The molecule has 1 aliphatic carbocycles. The second kappa shape index (κ2) is 3.95. The van der Waals surface area contributed by atoms with Gasteiger partial charge in [-0.1, -0.05) is 0 Å². The van der Waals surface area contributed by atoms with E-state index in [-0.39, 0.29) is 5.54 Å². The third-order valence-electron chi connectivity index (χ3n) is 3.45. The molecule has 0 aromatic rings. The molecule has 2 N–H and O–H groups in total. The van der Waals surface area contributed by atoms with Crippen LogP contribution in [0.3, 0.4) is 0 Å². The standard InChI is InChI=1S/C10H22N2O/c1-8(2)12(3)10(7-11)5-9(6-10)13-4/h8-9H,5-7,11H2,1-4H3. The SMILES string of the molecule is COC1CC(CN)(N(C)C(C)C)C1. The van der Waals surface area contributed by atoms with E-state index in [1.807, 2.05) is 0 Å². The molecule has 78 valence electrons. The van der Waals surface area contributed by atoms with Gasteiger partial charge < -0.3 is 10.5 Å². The summed E-state index contributed by atoms with van der Waals surface area (Å²) in [7, 11) is 3.93. The van der Waals surface area contributed by atoms with Gasteiger partial charge in [0.1, 0.15) is 0 Å². The number of hydrogen-bond donors (Lipinski definition) is 1. The molecule has 1 rings (SSSR count). The van der Waals surface area contributed by atoms with Gasteiger partial charge in [0.05, 0.1) is 6.10 Å². The van der Waals surface area contributed by atoms with E-state index in [1.165, 1.54) is 0 Å². The maximum absolute atomic E-state index is 5.83. The van der Waals surface area contributed by atoms with Crippen molar-refractivity contribution >= 4 is 0 Å². The highest BCUT2D eigenvalue weighted by molar-refractivity contribution is 5.04. The zero-order chi connectivity index (χ0) is 10.1. The Morgan fingerprint density at radius 3 is 2.38 bits per heavy atom. The number of nitrogens with zero attached hydrogens (tertiary/aromatic N) is 1. The summed E-state index contributed by atoms with van der Waals surface area (Å²) in [6.07, 6.45) is 2.58. The van der Waals surface area contributed by atoms with Crippen molar-refractivity contribution in [3.8, 4) is 0 Å². The van der Waals surface area contributed by atoms with Gasteiger partial charge >= 0.3 is 0 Å². The number of rotatable bonds is 4. The van der Waals surface area contributed by atoms with Crippen molar-refractivity contribution in [2.75, 3.05) is 20.7 Å². The van der Waals surface area contributed by atoms with E-state index in [4.69, 9.17) is 10.5 Å². The average molecular weight is 186 g/mol. The first-order valence-electron chi connectivity index (χ1n) is 5.01. The fourth-order valence-corrected chi connectivity index (χ4v) is 2.10. The highest BCUT2D eigenvalue weighted by Gasteiger charge is 2.47. The van der Waals surface area contributed by atoms with Gasteiger partial charge in [-0.2, -0.15) is 0 Å². The molecule has 1 aliphatic rings. The summed E-state index contributed by atoms with van der Waals surface area (Å²) >= 11 is 0. The number of hydrogen-bond acceptors (Lipinski definition) is 3. The minimum absolute atomic E-state index is 0.203. The molecule has 0 spiro atoms. The van der Waals surface area contributed by atoms with Gasteiger partial charge in [-0.25, -0.2) is 0 Å². The van der Waals surface area contributed by atoms with Gasteiger partial charge in [-0.15, -0.1) is 0 Å². The third kappa shape index (κ3) is 1.87.